The zero-order valence-electron chi connectivity index (χ0n) is 23.0. The Kier molecular flexibility index (Phi) is 5.93. The van der Waals surface area contributed by atoms with Crippen LogP contribution >= 0.6 is 0 Å². The predicted octanol–water partition coefficient (Wildman–Crippen LogP) is 8.84. The minimum atomic E-state index is 0.0447. The molecule has 1 aliphatic heterocycles. The molecular weight excluding hydrogens is 490 g/mol. The number of nitrogens with zero attached hydrogens (tertiary/aromatic N) is 1. The van der Waals surface area contributed by atoms with E-state index < -0.39 is 0 Å². The van der Waals surface area contributed by atoms with Gasteiger partial charge in [-0.2, -0.15) is 0 Å². The Morgan fingerprint density at radius 1 is 0.650 bits per heavy atom. The first-order chi connectivity index (χ1) is 19.7. The maximum Gasteiger partial charge on any atom is 0.161 e. The number of benzene rings is 5. The molecule has 0 N–H and O–H groups in total. The zero-order valence-corrected chi connectivity index (χ0v) is 23.0. The minimum absolute atomic E-state index is 0.0447. The summed E-state index contributed by atoms with van der Waals surface area (Å²) in [5.41, 5.74) is 12.8. The van der Waals surface area contributed by atoms with Crippen molar-refractivity contribution in [2.75, 3.05) is 14.2 Å². The van der Waals surface area contributed by atoms with Gasteiger partial charge < -0.3 is 14.0 Å². The molecule has 40 heavy (non-hydrogen) atoms. The van der Waals surface area contributed by atoms with Crippen LogP contribution in [-0.2, 0) is 6.54 Å². The average molecular weight is 522 g/mol. The van der Waals surface area contributed by atoms with Crippen molar-refractivity contribution in [1.29, 1.82) is 0 Å². The number of rotatable bonds is 5. The Morgan fingerprint density at radius 2 is 1.27 bits per heavy atom. The van der Waals surface area contributed by atoms with Crippen molar-refractivity contribution in [3.8, 4) is 33.8 Å². The fourth-order valence-corrected chi connectivity index (χ4v) is 6.51. The summed E-state index contributed by atoms with van der Waals surface area (Å²) in [4.78, 5) is 0. The van der Waals surface area contributed by atoms with Crippen LogP contribution in [-0.4, -0.2) is 18.8 Å². The van der Waals surface area contributed by atoms with E-state index in [9.17, 15) is 0 Å². The van der Waals surface area contributed by atoms with E-state index in [0.29, 0.717) is 0 Å². The van der Waals surface area contributed by atoms with Gasteiger partial charge in [0.05, 0.1) is 20.1 Å². The quantitative estimate of drug-likeness (QED) is 0.226. The Bertz CT molecular complexity index is 1850. The van der Waals surface area contributed by atoms with E-state index in [0.717, 1.165) is 18.0 Å². The molecule has 0 radical (unpaired) electrons. The van der Waals surface area contributed by atoms with Crippen molar-refractivity contribution in [1.82, 2.24) is 4.57 Å². The lowest BCUT2D eigenvalue weighted by Gasteiger charge is -2.31. The Balaban J connectivity index is 1.55. The average Bonchev–Trinajstić information content (AvgIpc) is 3.30. The van der Waals surface area contributed by atoms with Crippen LogP contribution in [0.4, 0.5) is 0 Å². The molecule has 0 saturated carbocycles. The van der Waals surface area contributed by atoms with E-state index in [1.165, 1.54) is 61.1 Å². The lowest BCUT2D eigenvalue weighted by molar-refractivity contribution is 0.354. The number of para-hydroxylation sites is 1. The zero-order chi connectivity index (χ0) is 27.2. The lowest BCUT2D eigenvalue weighted by atomic mass is 9.78. The molecule has 196 valence electrons. The molecular formula is C37H31NO2. The van der Waals surface area contributed by atoms with Crippen molar-refractivity contribution in [2.24, 2.45) is 0 Å². The van der Waals surface area contributed by atoms with Crippen LogP contribution in [0.3, 0.4) is 0 Å². The first-order valence-electron chi connectivity index (χ1n) is 13.7. The van der Waals surface area contributed by atoms with Crippen LogP contribution in [0.5, 0.6) is 11.5 Å². The van der Waals surface area contributed by atoms with Gasteiger partial charge in [-0.3, -0.25) is 0 Å². The van der Waals surface area contributed by atoms with E-state index in [-0.39, 0.29) is 5.92 Å². The van der Waals surface area contributed by atoms with Crippen LogP contribution in [0.15, 0.2) is 115 Å². The smallest absolute Gasteiger partial charge is 0.161 e. The van der Waals surface area contributed by atoms with E-state index in [1.807, 2.05) is 6.07 Å². The van der Waals surface area contributed by atoms with Crippen molar-refractivity contribution >= 4 is 10.9 Å². The van der Waals surface area contributed by atoms with Gasteiger partial charge in [0.2, 0.25) is 0 Å². The Morgan fingerprint density at radius 3 is 1.95 bits per heavy atom. The van der Waals surface area contributed by atoms with Crippen LogP contribution in [0.25, 0.3) is 33.2 Å². The summed E-state index contributed by atoms with van der Waals surface area (Å²) in [6, 6.07) is 41.5. The van der Waals surface area contributed by atoms with Gasteiger partial charge in [-0.15, -0.1) is 0 Å². The summed E-state index contributed by atoms with van der Waals surface area (Å²) in [6.45, 7) is 3.10. The monoisotopic (exact) mass is 521 g/mol. The summed E-state index contributed by atoms with van der Waals surface area (Å²) < 4.78 is 13.9. The number of hydrogen-bond donors (Lipinski definition) is 0. The molecule has 3 heteroatoms. The molecule has 6 aromatic rings. The molecule has 0 saturated heterocycles. The van der Waals surface area contributed by atoms with Crippen LogP contribution < -0.4 is 9.47 Å². The molecule has 1 atom stereocenters. The maximum atomic E-state index is 5.77. The maximum absolute atomic E-state index is 5.77. The van der Waals surface area contributed by atoms with E-state index in [2.05, 4.69) is 121 Å². The summed E-state index contributed by atoms with van der Waals surface area (Å²) in [5, 5.41) is 1.31. The Labute approximate surface area is 235 Å². The van der Waals surface area contributed by atoms with Gasteiger partial charge in [-0.05, 0) is 81.8 Å². The van der Waals surface area contributed by atoms with Gasteiger partial charge >= 0.3 is 0 Å². The third-order valence-corrected chi connectivity index (χ3v) is 8.38. The van der Waals surface area contributed by atoms with Crippen LogP contribution in [0, 0.1) is 6.92 Å². The fraction of sp³-hybridized carbons (Fsp3) is 0.135. The molecule has 0 fully saturated rings. The largest absolute Gasteiger partial charge is 0.493 e. The topological polar surface area (TPSA) is 23.4 Å². The second-order valence-electron chi connectivity index (χ2n) is 10.5. The van der Waals surface area contributed by atoms with Crippen molar-refractivity contribution < 1.29 is 9.47 Å². The highest BCUT2D eigenvalue weighted by Crippen LogP contribution is 2.48. The van der Waals surface area contributed by atoms with E-state index in [4.69, 9.17) is 9.47 Å². The van der Waals surface area contributed by atoms with Crippen molar-refractivity contribution in [3.63, 3.8) is 0 Å². The second-order valence-corrected chi connectivity index (χ2v) is 10.5. The first kappa shape index (κ1) is 24.3. The van der Waals surface area contributed by atoms with Gasteiger partial charge in [0.25, 0.3) is 0 Å². The van der Waals surface area contributed by atoms with Gasteiger partial charge in [-0.25, -0.2) is 0 Å². The number of ether oxygens (including phenoxy) is 2. The summed E-state index contributed by atoms with van der Waals surface area (Å²) >= 11 is 0. The van der Waals surface area contributed by atoms with Gasteiger partial charge in [0.15, 0.2) is 11.5 Å². The third-order valence-electron chi connectivity index (χ3n) is 8.38. The van der Waals surface area contributed by atoms with E-state index in [1.54, 1.807) is 14.2 Å². The molecule has 0 spiro atoms. The summed E-state index contributed by atoms with van der Waals surface area (Å²) in [5.74, 6) is 1.53. The number of aromatic nitrogens is 1. The van der Waals surface area contributed by atoms with E-state index >= 15 is 0 Å². The molecule has 0 aliphatic carbocycles. The fourth-order valence-electron chi connectivity index (χ4n) is 6.51. The molecule has 2 heterocycles. The highest BCUT2D eigenvalue weighted by atomic mass is 16.5. The molecule has 1 aromatic heterocycles. The normalized spacial score (nSPS) is 14.0. The molecule has 5 aromatic carbocycles. The number of aryl methyl sites for hydroxylation is 1. The van der Waals surface area contributed by atoms with Gasteiger partial charge in [0.1, 0.15) is 0 Å². The second kappa shape index (κ2) is 9.77. The molecule has 7 rings (SSSR count). The van der Waals surface area contributed by atoms with Crippen LogP contribution in [0.2, 0.25) is 0 Å². The van der Waals surface area contributed by atoms with Crippen molar-refractivity contribution in [2.45, 2.75) is 19.4 Å². The SMILES string of the molecule is COc1ccc(C2c3cc(-c4ccccc4)c(-c4ccccc4)cc3Cn3c2c(C)c2ccccc23)cc1OC. The summed E-state index contributed by atoms with van der Waals surface area (Å²) in [7, 11) is 3.39. The number of methoxy groups -OCH3 is 2. The molecule has 1 aliphatic rings. The number of hydrogen-bond acceptors (Lipinski definition) is 2. The highest BCUT2D eigenvalue weighted by molar-refractivity contribution is 5.89. The highest BCUT2D eigenvalue weighted by Gasteiger charge is 2.32. The standard InChI is InChI=1S/C37H31NO2/c1-24-29-16-10-11-17-33(29)38-23-28-20-30(25-12-6-4-7-13-25)31(26-14-8-5-9-15-26)22-32(28)36(37(24)38)27-18-19-34(39-2)35(21-27)40-3/h4-22,36H,23H2,1-3H3. The molecule has 1 unspecified atom stereocenters. The summed E-state index contributed by atoms with van der Waals surface area (Å²) in [6.07, 6.45) is 0. The number of fused-ring (bicyclic) bond motifs is 4. The van der Waals surface area contributed by atoms with Crippen molar-refractivity contribution in [3.05, 3.63) is 143 Å². The van der Waals surface area contributed by atoms with Gasteiger partial charge in [-0.1, -0.05) is 84.9 Å². The van der Waals surface area contributed by atoms with Crippen LogP contribution in [0.1, 0.15) is 33.9 Å². The molecule has 3 nitrogen and oxygen atoms in total. The minimum Gasteiger partial charge on any atom is -0.493 e. The molecule has 0 amide bonds. The molecule has 0 bridgehead atoms. The van der Waals surface area contributed by atoms with Gasteiger partial charge in [0, 0.05) is 23.1 Å². The predicted molar refractivity (Wildman–Crippen MR) is 164 cm³/mol. The lowest BCUT2D eigenvalue weighted by Crippen LogP contribution is -2.21. The third kappa shape index (κ3) is 3.81. The Hall–Kier alpha value is -4.76. The first-order valence-corrected chi connectivity index (χ1v) is 13.7.